The maximum Gasteiger partial charge on any atom is 0.137 e. The summed E-state index contributed by atoms with van der Waals surface area (Å²) >= 11 is 0. The topological polar surface area (TPSA) is 48.1 Å². The SMILES string of the molecule is C=C/C=C(\C=C)C(N)COc1ccc(C)nc1. The number of aryl methyl sites for hydroxylation is 1. The molecular formula is C14H18N2O. The zero-order chi connectivity index (χ0) is 12.7. The number of nitrogens with zero attached hydrogens (tertiary/aromatic N) is 1. The molecule has 0 spiro atoms. The van der Waals surface area contributed by atoms with Crippen LogP contribution in [-0.4, -0.2) is 17.6 Å². The predicted octanol–water partition coefficient (Wildman–Crippen LogP) is 2.39. The van der Waals surface area contributed by atoms with E-state index in [1.165, 1.54) is 0 Å². The second kappa shape index (κ2) is 6.66. The molecule has 1 heterocycles. The summed E-state index contributed by atoms with van der Waals surface area (Å²) in [6.45, 7) is 9.65. The van der Waals surface area contributed by atoms with Crippen molar-refractivity contribution in [2.24, 2.45) is 5.73 Å². The van der Waals surface area contributed by atoms with Crippen LogP contribution in [0.5, 0.6) is 5.75 Å². The van der Waals surface area contributed by atoms with E-state index in [9.17, 15) is 0 Å². The average Bonchev–Trinajstić information content (AvgIpc) is 2.35. The van der Waals surface area contributed by atoms with Crippen molar-refractivity contribution in [2.75, 3.05) is 6.61 Å². The molecule has 1 atom stereocenters. The van der Waals surface area contributed by atoms with Crippen LogP contribution in [0.3, 0.4) is 0 Å². The molecule has 0 fully saturated rings. The highest BCUT2D eigenvalue weighted by molar-refractivity contribution is 5.27. The minimum absolute atomic E-state index is 0.216. The van der Waals surface area contributed by atoms with Crippen molar-refractivity contribution in [3.05, 3.63) is 61.0 Å². The molecule has 1 unspecified atom stereocenters. The fourth-order valence-corrected chi connectivity index (χ4v) is 1.30. The quantitative estimate of drug-likeness (QED) is 0.763. The van der Waals surface area contributed by atoms with Gasteiger partial charge in [0.05, 0.1) is 12.2 Å². The van der Waals surface area contributed by atoms with Crippen LogP contribution < -0.4 is 10.5 Å². The number of nitrogens with two attached hydrogens (primary N) is 1. The minimum atomic E-state index is -0.216. The van der Waals surface area contributed by atoms with Crippen LogP contribution in [0.25, 0.3) is 0 Å². The molecule has 1 aromatic rings. The summed E-state index contributed by atoms with van der Waals surface area (Å²) in [5.41, 5.74) is 7.82. The van der Waals surface area contributed by atoms with Gasteiger partial charge in [0.15, 0.2) is 0 Å². The van der Waals surface area contributed by atoms with Gasteiger partial charge in [-0.2, -0.15) is 0 Å². The molecule has 0 aliphatic heterocycles. The lowest BCUT2D eigenvalue weighted by molar-refractivity contribution is 0.302. The van der Waals surface area contributed by atoms with E-state index in [-0.39, 0.29) is 6.04 Å². The van der Waals surface area contributed by atoms with E-state index in [2.05, 4.69) is 18.1 Å². The maximum absolute atomic E-state index is 5.96. The fourth-order valence-electron chi connectivity index (χ4n) is 1.30. The van der Waals surface area contributed by atoms with Crippen LogP contribution in [0.1, 0.15) is 5.69 Å². The number of hydrogen-bond donors (Lipinski definition) is 1. The van der Waals surface area contributed by atoms with Crippen LogP contribution in [-0.2, 0) is 0 Å². The van der Waals surface area contributed by atoms with E-state index in [4.69, 9.17) is 10.5 Å². The first-order valence-electron chi connectivity index (χ1n) is 5.43. The van der Waals surface area contributed by atoms with E-state index in [0.29, 0.717) is 12.4 Å². The first-order chi connectivity index (χ1) is 8.17. The lowest BCUT2D eigenvalue weighted by Crippen LogP contribution is -2.29. The Hall–Kier alpha value is -1.87. The fraction of sp³-hybridized carbons (Fsp3) is 0.214. The summed E-state index contributed by atoms with van der Waals surface area (Å²) in [6, 6.07) is 3.56. The van der Waals surface area contributed by atoms with Crippen molar-refractivity contribution in [1.29, 1.82) is 0 Å². The highest BCUT2D eigenvalue weighted by Crippen LogP contribution is 2.10. The van der Waals surface area contributed by atoms with Gasteiger partial charge in [0.2, 0.25) is 0 Å². The molecule has 3 nitrogen and oxygen atoms in total. The molecule has 2 N–H and O–H groups in total. The van der Waals surface area contributed by atoms with Crippen molar-refractivity contribution in [3.63, 3.8) is 0 Å². The standard InChI is InChI=1S/C14H18N2O/c1-4-6-12(5-2)14(15)10-17-13-8-7-11(3)16-9-13/h4-9,14H,1-2,10,15H2,3H3/b12-6+. The molecule has 0 aliphatic rings. The first kappa shape index (κ1) is 13.2. The van der Waals surface area contributed by atoms with Gasteiger partial charge >= 0.3 is 0 Å². The Balaban J connectivity index is 2.55. The Labute approximate surface area is 102 Å². The predicted molar refractivity (Wildman–Crippen MR) is 70.9 cm³/mol. The molecule has 1 aromatic heterocycles. The zero-order valence-electron chi connectivity index (χ0n) is 10.1. The van der Waals surface area contributed by atoms with E-state index < -0.39 is 0 Å². The normalized spacial score (nSPS) is 12.9. The van der Waals surface area contributed by atoms with Gasteiger partial charge < -0.3 is 10.5 Å². The maximum atomic E-state index is 5.96. The van der Waals surface area contributed by atoms with Gasteiger partial charge in [-0.3, -0.25) is 4.98 Å². The first-order valence-corrected chi connectivity index (χ1v) is 5.43. The summed E-state index contributed by atoms with van der Waals surface area (Å²) in [5, 5.41) is 0. The molecule has 0 radical (unpaired) electrons. The van der Waals surface area contributed by atoms with Gasteiger partial charge in [0, 0.05) is 5.69 Å². The molecule has 0 bridgehead atoms. The van der Waals surface area contributed by atoms with Gasteiger partial charge in [-0.05, 0) is 24.6 Å². The van der Waals surface area contributed by atoms with Crippen molar-refractivity contribution in [3.8, 4) is 5.75 Å². The number of rotatable bonds is 6. The summed E-state index contributed by atoms with van der Waals surface area (Å²) < 4.78 is 5.54. The molecular weight excluding hydrogens is 212 g/mol. The van der Waals surface area contributed by atoms with E-state index in [1.807, 2.05) is 25.1 Å². The monoisotopic (exact) mass is 230 g/mol. The van der Waals surface area contributed by atoms with Crippen LogP contribution in [0.4, 0.5) is 0 Å². The highest BCUT2D eigenvalue weighted by Gasteiger charge is 2.06. The Morgan fingerprint density at radius 1 is 1.53 bits per heavy atom. The second-order valence-corrected chi connectivity index (χ2v) is 3.66. The molecule has 0 aliphatic carbocycles. The van der Waals surface area contributed by atoms with E-state index >= 15 is 0 Å². The summed E-state index contributed by atoms with van der Waals surface area (Å²) in [7, 11) is 0. The van der Waals surface area contributed by atoms with Gasteiger partial charge in [0.1, 0.15) is 12.4 Å². The van der Waals surface area contributed by atoms with Gasteiger partial charge in [-0.25, -0.2) is 0 Å². The van der Waals surface area contributed by atoms with Crippen LogP contribution in [0, 0.1) is 6.92 Å². The molecule has 0 aromatic carbocycles. The molecule has 17 heavy (non-hydrogen) atoms. The minimum Gasteiger partial charge on any atom is -0.490 e. The number of allylic oxidation sites excluding steroid dienone is 2. The number of pyridine rings is 1. The van der Waals surface area contributed by atoms with Gasteiger partial charge in [-0.15, -0.1) is 0 Å². The summed E-state index contributed by atoms with van der Waals surface area (Å²) in [4.78, 5) is 4.14. The van der Waals surface area contributed by atoms with Crippen molar-refractivity contribution >= 4 is 0 Å². The zero-order valence-corrected chi connectivity index (χ0v) is 10.1. The Morgan fingerprint density at radius 2 is 2.29 bits per heavy atom. The van der Waals surface area contributed by atoms with Crippen molar-refractivity contribution in [1.82, 2.24) is 4.98 Å². The number of aromatic nitrogens is 1. The van der Waals surface area contributed by atoms with Crippen LogP contribution >= 0.6 is 0 Å². The van der Waals surface area contributed by atoms with E-state index in [0.717, 1.165) is 11.3 Å². The summed E-state index contributed by atoms with van der Waals surface area (Å²) in [5.74, 6) is 0.716. The third-order valence-corrected chi connectivity index (χ3v) is 2.29. The smallest absolute Gasteiger partial charge is 0.137 e. The van der Waals surface area contributed by atoms with Gasteiger partial charge in [-0.1, -0.05) is 31.4 Å². The Kier molecular flexibility index (Phi) is 5.17. The molecule has 0 saturated heterocycles. The summed E-state index contributed by atoms with van der Waals surface area (Å²) in [6.07, 6.45) is 6.91. The Morgan fingerprint density at radius 3 is 2.82 bits per heavy atom. The lowest BCUT2D eigenvalue weighted by atomic mass is 10.1. The number of hydrogen-bond acceptors (Lipinski definition) is 3. The molecule has 1 rings (SSSR count). The van der Waals surface area contributed by atoms with Gasteiger partial charge in [0.25, 0.3) is 0 Å². The molecule has 0 amide bonds. The van der Waals surface area contributed by atoms with Crippen LogP contribution in [0.15, 0.2) is 55.3 Å². The molecule has 90 valence electrons. The third kappa shape index (κ3) is 4.25. The van der Waals surface area contributed by atoms with E-state index in [1.54, 1.807) is 18.3 Å². The highest BCUT2D eigenvalue weighted by atomic mass is 16.5. The van der Waals surface area contributed by atoms with Crippen molar-refractivity contribution < 1.29 is 4.74 Å². The Bertz CT molecular complexity index is 407. The number of ether oxygens (including phenoxy) is 1. The largest absolute Gasteiger partial charge is 0.490 e. The molecule has 3 heteroatoms. The van der Waals surface area contributed by atoms with Crippen molar-refractivity contribution in [2.45, 2.75) is 13.0 Å². The average molecular weight is 230 g/mol. The van der Waals surface area contributed by atoms with Crippen LogP contribution in [0.2, 0.25) is 0 Å². The second-order valence-electron chi connectivity index (χ2n) is 3.66. The lowest BCUT2D eigenvalue weighted by Gasteiger charge is -2.13. The molecule has 0 saturated carbocycles. The third-order valence-electron chi connectivity index (χ3n) is 2.29.